The van der Waals surface area contributed by atoms with E-state index in [2.05, 4.69) is 26.1 Å². The molecule has 1 aliphatic carbocycles. The van der Waals surface area contributed by atoms with Crippen LogP contribution in [-0.2, 0) is 14.3 Å². The molecule has 1 heterocycles. The first-order valence-electron chi connectivity index (χ1n) is 8.32. The summed E-state index contributed by atoms with van der Waals surface area (Å²) in [5.41, 5.74) is 0.206. The van der Waals surface area contributed by atoms with Gasteiger partial charge in [-0.3, -0.25) is 4.79 Å². The number of morpholine rings is 1. The fourth-order valence-electron chi connectivity index (χ4n) is 3.39. The third-order valence-electron chi connectivity index (χ3n) is 5.20. The quantitative estimate of drug-likeness (QED) is 0.772. The molecule has 5 heteroatoms. The first-order chi connectivity index (χ1) is 10.1. The fourth-order valence-corrected chi connectivity index (χ4v) is 3.39. The van der Waals surface area contributed by atoms with Gasteiger partial charge >= 0.3 is 0 Å². The van der Waals surface area contributed by atoms with Crippen molar-refractivity contribution in [2.75, 3.05) is 39.5 Å². The highest BCUT2D eigenvalue weighted by Gasteiger charge is 2.50. The van der Waals surface area contributed by atoms with Crippen LogP contribution < -0.4 is 5.32 Å². The lowest BCUT2D eigenvalue weighted by Gasteiger charge is -2.53. The molecular formula is C16H30N2O3. The second-order valence-corrected chi connectivity index (χ2v) is 6.29. The van der Waals surface area contributed by atoms with Crippen LogP contribution in [-0.4, -0.2) is 62.4 Å². The average molecular weight is 298 g/mol. The molecule has 0 spiro atoms. The van der Waals surface area contributed by atoms with Gasteiger partial charge in [-0.1, -0.05) is 13.8 Å². The zero-order valence-electron chi connectivity index (χ0n) is 13.7. The van der Waals surface area contributed by atoms with Gasteiger partial charge in [0, 0.05) is 44.1 Å². The molecule has 3 atom stereocenters. The van der Waals surface area contributed by atoms with E-state index in [0.717, 1.165) is 39.1 Å². The van der Waals surface area contributed by atoms with Gasteiger partial charge in [0.25, 0.3) is 0 Å². The molecule has 3 unspecified atom stereocenters. The molecule has 0 radical (unpaired) electrons. The van der Waals surface area contributed by atoms with Crippen molar-refractivity contribution in [2.24, 2.45) is 5.41 Å². The Labute approximate surface area is 128 Å². The Balaban J connectivity index is 1.70. The largest absolute Gasteiger partial charge is 0.378 e. The van der Waals surface area contributed by atoms with Crippen LogP contribution in [0.25, 0.3) is 0 Å². The summed E-state index contributed by atoms with van der Waals surface area (Å²) in [5, 5.41) is 3.56. The lowest BCUT2D eigenvalue weighted by Crippen LogP contribution is -2.62. The number of rotatable bonds is 7. The molecule has 0 aromatic rings. The topological polar surface area (TPSA) is 50.8 Å². The summed E-state index contributed by atoms with van der Waals surface area (Å²) in [7, 11) is 0. The number of nitrogens with one attached hydrogen (secondary N) is 1. The van der Waals surface area contributed by atoms with Crippen molar-refractivity contribution in [2.45, 2.75) is 52.2 Å². The first-order valence-corrected chi connectivity index (χ1v) is 8.32. The molecule has 1 aliphatic heterocycles. The molecule has 1 N–H and O–H groups in total. The third kappa shape index (κ3) is 3.76. The van der Waals surface area contributed by atoms with Crippen LogP contribution in [0, 0.1) is 5.41 Å². The maximum Gasteiger partial charge on any atom is 0.224 e. The third-order valence-corrected chi connectivity index (χ3v) is 5.20. The van der Waals surface area contributed by atoms with E-state index in [1.807, 2.05) is 4.90 Å². The summed E-state index contributed by atoms with van der Waals surface area (Å²) >= 11 is 0. The molecule has 0 bridgehead atoms. The molecule has 0 aromatic carbocycles. The van der Waals surface area contributed by atoms with Crippen molar-refractivity contribution in [3.63, 3.8) is 0 Å². The molecule has 122 valence electrons. The van der Waals surface area contributed by atoms with Gasteiger partial charge in [0.2, 0.25) is 5.91 Å². The Hall–Kier alpha value is -0.650. The predicted molar refractivity (Wildman–Crippen MR) is 82.2 cm³/mol. The second-order valence-electron chi connectivity index (χ2n) is 6.29. The standard InChI is InChI=1S/C16H30N2O3/c1-4-16(3)13(12-14(16)21-5-2)17-7-6-15(19)18-8-10-20-11-9-18/h13-14,17H,4-12H2,1-3H3. The zero-order valence-corrected chi connectivity index (χ0v) is 13.7. The molecular weight excluding hydrogens is 268 g/mol. The maximum absolute atomic E-state index is 12.1. The SMILES string of the molecule is CCOC1CC(NCCC(=O)N2CCOCC2)C1(C)CC. The van der Waals surface area contributed by atoms with Gasteiger partial charge in [0.1, 0.15) is 0 Å². The van der Waals surface area contributed by atoms with Gasteiger partial charge in [-0.25, -0.2) is 0 Å². The highest BCUT2D eigenvalue weighted by molar-refractivity contribution is 5.76. The molecule has 2 aliphatic rings. The van der Waals surface area contributed by atoms with Gasteiger partial charge in [-0.15, -0.1) is 0 Å². The molecule has 2 fully saturated rings. The van der Waals surface area contributed by atoms with Crippen molar-refractivity contribution in [3.8, 4) is 0 Å². The molecule has 2 rings (SSSR count). The Morgan fingerprint density at radius 2 is 2.10 bits per heavy atom. The van der Waals surface area contributed by atoms with E-state index in [-0.39, 0.29) is 11.3 Å². The lowest BCUT2D eigenvalue weighted by molar-refractivity contribution is -0.136. The minimum Gasteiger partial charge on any atom is -0.378 e. The Morgan fingerprint density at radius 1 is 1.38 bits per heavy atom. The molecule has 1 saturated heterocycles. The highest BCUT2D eigenvalue weighted by atomic mass is 16.5. The average Bonchev–Trinajstić information content (AvgIpc) is 2.53. The number of nitrogens with zero attached hydrogens (tertiary/aromatic N) is 1. The van der Waals surface area contributed by atoms with Gasteiger partial charge in [-0.05, 0) is 19.8 Å². The van der Waals surface area contributed by atoms with Crippen LogP contribution in [0.15, 0.2) is 0 Å². The van der Waals surface area contributed by atoms with Crippen LogP contribution in [0.1, 0.15) is 40.0 Å². The number of carbonyl (C=O) groups is 1. The van der Waals surface area contributed by atoms with Gasteiger partial charge in [0.15, 0.2) is 0 Å². The number of hydrogen-bond donors (Lipinski definition) is 1. The van der Waals surface area contributed by atoms with Crippen LogP contribution in [0.4, 0.5) is 0 Å². The first kappa shape index (κ1) is 16.7. The minimum atomic E-state index is 0.206. The second kappa shape index (κ2) is 7.56. The van der Waals surface area contributed by atoms with E-state index in [1.54, 1.807) is 0 Å². The number of ether oxygens (including phenoxy) is 2. The van der Waals surface area contributed by atoms with Crippen LogP contribution >= 0.6 is 0 Å². The van der Waals surface area contributed by atoms with Gasteiger partial charge < -0.3 is 19.7 Å². The monoisotopic (exact) mass is 298 g/mol. The van der Waals surface area contributed by atoms with E-state index in [9.17, 15) is 4.79 Å². The molecule has 21 heavy (non-hydrogen) atoms. The van der Waals surface area contributed by atoms with E-state index in [0.29, 0.717) is 31.8 Å². The number of amides is 1. The summed E-state index contributed by atoms with van der Waals surface area (Å²) in [6, 6.07) is 0.469. The summed E-state index contributed by atoms with van der Waals surface area (Å²) < 4.78 is 11.1. The zero-order chi connectivity index (χ0) is 15.3. The smallest absolute Gasteiger partial charge is 0.224 e. The van der Waals surface area contributed by atoms with E-state index >= 15 is 0 Å². The normalized spacial score (nSPS) is 32.8. The highest BCUT2D eigenvalue weighted by Crippen LogP contribution is 2.45. The minimum absolute atomic E-state index is 0.206. The molecule has 1 saturated carbocycles. The predicted octanol–water partition coefficient (Wildman–Crippen LogP) is 1.42. The maximum atomic E-state index is 12.1. The van der Waals surface area contributed by atoms with E-state index in [1.165, 1.54) is 0 Å². The number of carbonyl (C=O) groups excluding carboxylic acids is 1. The van der Waals surface area contributed by atoms with Crippen LogP contribution in [0.3, 0.4) is 0 Å². The Morgan fingerprint density at radius 3 is 2.71 bits per heavy atom. The van der Waals surface area contributed by atoms with Crippen molar-refractivity contribution in [3.05, 3.63) is 0 Å². The Bertz CT molecular complexity index is 344. The summed E-state index contributed by atoms with van der Waals surface area (Å²) in [6.07, 6.45) is 3.10. The van der Waals surface area contributed by atoms with Crippen LogP contribution in [0.5, 0.6) is 0 Å². The van der Waals surface area contributed by atoms with Gasteiger partial charge in [-0.2, -0.15) is 0 Å². The fraction of sp³-hybridized carbons (Fsp3) is 0.938. The summed E-state index contributed by atoms with van der Waals surface area (Å²) in [5.74, 6) is 0.240. The summed E-state index contributed by atoms with van der Waals surface area (Å²) in [6.45, 7) is 10.9. The van der Waals surface area contributed by atoms with Crippen molar-refractivity contribution < 1.29 is 14.3 Å². The van der Waals surface area contributed by atoms with Crippen molar-refractivity contribution in [1.29, 1.82) is 0 Å². The summed E-state index contributed by atoms with van der Waals surface area (Å²) in [4.78, 5) is 14.0. The van der Waals surface area contributed by atoms with Crippen LogP contribution in [0.2, 0.25) is 0 Å². The van der Waals surface area contributed by atoms with E-state index in [4.69, 9.17) is 9.47 Å². The molecule has 1 amide bonds. The van der Waals surface area contributed by atoms with Crippen molar-refractivity contribution >= 4 is 5.91 Å². The van der Waals surface area contributed by atoms with Gasteiger partial charge in [0.05, 0.1) is 19.3 Å². The number of hydrogen-bond acceptors (Lipinski definition) is 4. The lowest BCUT2D eigenvalue weighted by atomic mass is 9.61. The van der Waals surface area contributed by atoms with Crippen molar-refractivity contribution in [1.82, 2.24) is 10.2 Å². The molecule has 0 aromatic heterocycles. The van der Waals surface area contributed by atoms with E-state index < -0.39 is 0 Å². The molecule has 5 nitrogen and oxygen atoms in total. The Kier molecular flexibility index (Phi) is 6.02.